The predicted octanol–water partition coefficient (Wildman–Crippen LogP) is 4.36. The molecule has 0 saturated heterocycles. The average Bonchev–Trinajstić information content (AvgIpc) is 2.18. The monoisotopic (exact) mass is 245 g/mol. The van der Waals surface area contributed by atoms with Crippen molar-refractivity contribution >= 4 is 45.7 Å². The highest BCUT2D eigenvalue weighted by molar-refractivity contribution is 6.45. The van der Waals surface area contributed by atoms with Crippen molar-refractivity contribution in [2.24, 2.45) is 0 Å². The molecule has 72 valence electrons. The fraction of sp³-hybridized carbons (Fsp3) is 0.100. The Bertz CT molecular complexity index is 468. The van der Waals surface area contributed by atoms with Gasteiger partial charge in [0, 0.05) is 22.2 Å². The minimum absolute atomic E-state index is 0.579. The Morgan fingerprint density at radius 2 is 1.93 bits per heavy atom. The van der Waals surface area contributed by atoms with Gasteiger partial charge < -0.3 is 0 Å². The maximum atomic E-state index is 6.01. The van der Waals surface area contributed by atoms with Gasteiger partial charge in [-0.1, -0.05) is 40.9 Å². The summed E-state index contributed by atoms with van der Waals surface area (Å²) in [5.74, 6) is 0. The molecule has 0 atom stereocenters. The number of nitrogens with zero attached hydrogens (tertiary/aromatic N) is 1. The van der Waals surface area contributed by atoms with Crippen molar-refractivity contribution in [2.45, 2.75) is 4.84 Å². The molecule has 0 bridgehead atoms. The lowest BCUT2D eigenvalue weighted by Gasteiger charge is -2.06. The lowest BCUT2D eigenvalue weighted by Crippen LogP contribution is -1.88. The maximum absolute atomic E-state index is 6.01. The molecule has 0 amide bonds. The van der Waals surface area contributed by atoms with Gasteiger partial charge in [0.2, 0.25) is 0 Å². The van der Waals surface area contributed by atoms with E-state index in [9.17, 15) is 0 Å². The fourth-order valence-electron chi connectivity index (χ4n) is 1.34. The van der Waals surface area contributed by atoms with Crippen LogP contribution in [0.2, 0.25) is 5.02 Å². The summed E-state index contributed by atoms with van der Waals surface area (Å²) in [5, 5.41) is 1.53. The Kier molecular flexibility index (Phi) is 2.82. The number of aromatic nitrogens is 1. The van der Waals surface area contributed by atoms with Crippen LogP contribution in [0.25, 0.3) is 10.9 Å². The molecule has 1 heterocycles. The van der Waals surface area contributed by atoms with Crippen molar-refractivity contribution in [3.8, 4) is 0 Å². The summed E-state index contributed by atoms with van der Waals surface area (Å²) >= 11 is 17.6. The van der Waals surface area contributed by atoms with Crippen molar-refractivity contribution < 1.29 is 0 Å². The number of rotatable bonds is 1. The molecule has 4 heteroatoms. The lowest BCUT2D eigenvalue weighted by atomic mass is 10.1. The zero-order valence-corrected chi connectivity index (χ0v) is 9.31. The topological polar surface area (TPSA) is 12.9 Å². The van der Waals surface area contributed by atoms with Crippen molar-refractivity contribution in [3.63, 3.8) is 0 Å². The van der Waals surface area contributed by atoms with Gasteiger partial charge in [-0.15, -0.1) is 0 Å². The number of benzene rings is 1. The van der Waals surface area contributed by atoms with Crippen molar-refractivity contribution in [2.75, 3.05) is 0 Å². The van der Waals surface area contributed by atoms with Crippen LogP contribution in [0.5, 0.6) is 0 Å². The van der Waals surface area contributed by atoms with Crippen LogP contribution in [0.1, 0.15) is 10.4 Å². The minimum Gasteiger partial charge on any atom is -0.256 e. The van der Waals surface area contributed by atoms with Gasteiger partial charge in [0.1, 0.15) is 4.84 Å². The second-order valence-electron chi connectivity index (χ2n) is 2.84. The van der Waals surface area contributed by atoms with Crippen molar-refractivity contribution in [3.05, 3.63) is 41.0 Å². The molecule has 0 aliphatic rings. The molecular weight excluding hydrogens is 240 g/mol. The summed E-state index contributed by atoms with van der Waals surface area (Å²) in [6.07, 6.45) is 1.69. The largest absolute Gasteiger partial charge is 0.256 e. The molecule has 1 nitrogen and oxygen atoms in total. The normalized spacial score (nSPS) is 11.1. The standard InChI is InChI=1S/C10H6Cl3N/c11-8-4-3-7(10(12)13)9-6(8)2-1-5-14-9/h1-5,10H. The first kappa shape index (κ1) is 10.0. The minimum atomic E-state index is -0.579. The van der Waals surface area contributed by atoms with Crippen LogP contribution in [0.3, 0.4) is 0 Å². The molecule has 2 aromatic rings. The Labute approximate surface area is 96.6 Å². The van der Waals surface area contributed by atoms with Gasteiger partial charge in [-0.25, -0.2) is 0 Å². The third-order valence-corrected chi connectivity index (χ3v) is 2.78. The molecule has 0 unspecified atom stereocenters. The first-order chi connectivity index (χ1) is 6.70. The summed E-state index contributed by atoms with van der Waals surface area (Å²) in [6.45, 7) is 0. The Morgan fingerprint density at radius 1 is 1.14 bits per heavy atom. The number of hydrogen-bond donors (Lipinski definition) is 0. The van der Waals surface area contributed by atoms with E-state index in [0.717, 1.165) is 16.5 Å². The third-order valence-electron chi connectivity index (χ3n) is 1.98. The summed E-state index contributed by atoms with van der Waals surface area (Å²) < 4.78 is 0. The maximum Gasteiger partial charge on any atom is 0.134 e. The number of alkyl halides is 2. The van der Waals surface area contributed by atoms with E-state index in [0.29, 0.717) is 5.02 Å². The van der Waals surface area contributed by atoms with Gasteiger partial charge in [-0.05, 0) is 18.2 Å². The molecule has 0 N–H and O–H groups in total. The van der Waals surface area contributed by atoms with E-state index < -0.39 is 4.84 Å². The van der Waals surface area contributed by atoms with Crippen molar-refractivity contribution in [1.82, 2.24) is 4.98 Å². The highest BCUT2D eigenvalue weighted by Gasteiger charge is 2.10. The van der Waals surface area contributed by atoms with E-state index in [4.69, 9.17) is 34.8 Å². The molecular formula is C10H6Cl3N. The average molecular weight is 247 g/mol. The van der Waals surface area contributed by atoms with Gasteiger partial charge in [0.25, 0.3) is 0 Å². The number of hydrogen-bond acceptors (Lipinski definition) is 1. The molecule has 0 fully saturated rings. The SMILES string of the molecule is Clc1ccc(C(Cl)Cl)c2ncccc12. The van der Waals surface area contributed by atoms with Gasteiger partial charge in [-0.3, -0.25) is 4.98 Å². The van der Waals surface area contributed by atoms with Gasteiger partial charge in [0.05, 0.1) is 5.52 Å². The molecule has 0 aliphatic carbocycles. The Hall–Kier alpha value is -0.500. The Balaban J connectivity index is 2.82. The lowest BCUT2D eigenvalue weighted by molar-refractivity contribution is 1.31. The molecule has 2 rings (SSSR count). The zero-order chi connectivity index (χ0) is 10.1. The summed E-state index contributed by atoms with van der Waals surface area (Å²) in [4.78, 5) is 3.63. The van der Waals surface area contributed by atoms with Crippen LogP contribution in [-0.4, -0.2) is 4.98 Å². The molecule has 0 saturated carbocycles. The van der Waals surface area contributed by atoms with Gasteiger partial charge in [-0.2, -0.15) is 0 Å². The first-order valence-electron chi connectivity index (χ1n) is 4.01. The smallest absolute Gasteiger partial charge is 0.134 e. The van der Waals surface area contributed by atoms with Crippen LogP contribution in [0.15, 0.2) is 30.5 Å². The van der Waals surface area contributed by atoms with Crippen LogP contribution >= 0.6 is 34.8 Å². The second-order valence-corrected chi connectivity index (χ2v) is 4.34. The zero-order valence-electron chi connectivity index (χ0n) is 7.05. The van der Waals surface area contributed by atoms with Gasteiger partial charge >= 0.3 is 0 Å². The number of halogens is 3. The summed E-state index contributed by atoms with van der Waals surface area (Å²) in [6, 6.07) is 7.29. The predicted molar refractivity (Wildman–Crippen MR) is 61.2 cm³/mol. The Morgan fingerprint density at radius 3 is 2.64 bits per heavy atom. The van der Waals surface area contributed by atoms with E-state index in [-0.39, 0.29) is 0 Å². The number of pyridine rings is 1. The van der Waals surface area contributed by atoms with Gasteiger partial charge in [0.15, 0.2) is 0 Å². The summed E-state index contributed by atoms with van der Waals surface area (Å²) in [7, 11) is 0. The third kappa shape index (κ3) is 1.68. The molecule has 1 aromatic heterocycles. The molecule has 0 radical (unpaired) electrons. The summed E-state index contributed by atoms with van der Waals surface area (Å²) in [5.41, 5.74) is 1.54. The molecule has 0 spiro atoms. The van der Waals surface area contributed by atoms with Crippen molar-refractivity contribution in [1.29, 1.82) is 0 Å². The number of fused-ring (bicyclic) bond motifs is 1. The molecule has 1 aromatic carbocycles. The van der Waals surface area contributed by atoms with E-state index in [1.807, 2.05) is 12.1 Å². The second kappa shape index (κ2) is 3.93. The van der Waals surface area contributed by atoms with E-state index in [1.165, 1.54) is 0 Å². The van der Waals surface area contributed by atoms with E-state index in [1.54, 1.807) is 18.3 Å². The molecule has 14 heavy (non-hydrogen) atoms. The van der Waals surface area contributed by atoms with E-state index >= 15 is 0 Å². The van der Waals surface area contributed by atoms with Crippen LogP contribution < -0.4 is 0 Å². The highest BCUT2D eigenvalue weighted by Crippen LogP contribution is 2.33. The van der Waals surface area contributed by atoms with Crippen LogP contribution in [0.4, 0.5) is 0 Å². The fourth-order valence-corrected chi connectivity index (χ4v) is 1.90. The van der Waals surface area contributed by atoms with Crippen LogP contribution in [0, 0.1) is 0 Å². The quantitative estimate of drug-likeness (QED) is 0.681. The molecule has 0 aliphatic heterocycles. The van der Waals surface area contributed by atoms with Crippen LogP contribution in [-0.2, 0) is 0 Å². The van der Waals surface area contributed by atoms with E-state index in [2.05, 4.69) is 4.98 Å². The first-order valence-corrected chi connectivity index (χ1v) is 5.26. The highest BCUT2D eigenvalue weighted by atomic mass is 35.5.